The van der Waals surface area contributed by atoms with Gasteiger partial charge in [-0.2, -0.15) is 0 Å². The van der Waals surface area contributed by atoms with Crippen molar-refractivity contribution in [3.63, 3.8) is 0 Å². The summed E-state index contributed by atoms with van der Waals surface area (Å²) >= 11 is 7.56. The molecule has 0 saturated heterocycles. The standard InChI is InChI=1S/C11H9ClN2S/c12-10-3-1-2-9(6-10)7-15-11-4-5-13-8-14-11/h1-6,8H,7H2. The van der Waals surface area contributed by atoms with Crippen molar-refractivity contribution in [2.75, 3.05) is 0 Å². The van der Waals surface area contributed by atoms with Gasteiger partial charge in [0.15, 0.2) is 0 Å². The molecule has 0 aliphatic rings. The second-order valence-electron chi connectivity index (χ2n) is 2.97. The Kier molecular flexibility index (Phi) is 3.59. The van der Waals surface area contributed by atoms with E-state index in [9.17, 15) is 0 Å². The molecule has 0 unspecified atom stereocenters. The molecule has 2 nitrogen and oxygen atoms in total. The van der Waals surface area contributed by atoms with Gasteiger partial charge in [-0.05, 0) is 23.8 Å². The summed E-state index contributed by atoms with van der Waals surface area (Å²) in [6.45, 7) is 0. The molecule has 0 aliphatic carbocycles. The molecule has 2 aromatic rings. The van der Waals surface area contributed by atoms with E-state index in [-0.39, 0.29) is 0 Å². The number of hydrogen-bond acceptors (Lipinski definition) is 3. The second-order valence-corrected chi connectivity index (χ2v) is 4.40. The van der Waals surface area contributed by atoms with Crippen molar-refractivity contribution in [3.8, 4) is 0 Å². The lowest BCUT2D eigenvalue weighted by Gasteiger charge is -2.00. The molecule has 0 atom stereocenters. The Labute approximate surface area is 97.7 Å². The molecule has 0 bridgehead atoms. The van der Waals surface area contributed by atoms with Gasteiger partial charge in [0.1, 0.15) is 6.33 Å². The highest BCUT2D eigenvalue weighted by atomic mass is 35.5. The van der Waals surface area contributed by atoms with Crippen molar-refractivity contribution >= 4 is 23.4 Å². The summed E-state index contributed by atoms with van der Waals surface area (Å²) in [5.41, 5.74) is 1.20. The van der Waals surface area contributed by atoms with E-state index in [4.69, 9.17) is 11.6 Å². The van der Waals surface area contributed by atoms with Crippen molar-refractivity contribution in [1.82, 2.24) is 9.97 Å². The summed E-state index contributed by atoms with van der Waals surface area (Å²) in [5.74, 6) is 0.873. The van der Waals surface area contributed by atoms with Crippen LogP contribution < -0.4 is 0 Å². The predicted octanol–water partition coefficient (Wildman–Crippen LogP) is 3.42. The van der Waals surface area contributed by atoms with Crippen LogP contribution in [0.1, 0.15) is 5.56 Å². The third-order valence-electron chi connectivity index (χ3n) is 1.83. The maximum Gasteiger partial charge on any atom is 0.116 e. The van der Waals surface area contributed by atoms with Crippen molar-refractivity contribution in [1.29, 1.82) is 0 Å². The minimum absolute atomic E-state index is 0.774. The highest BCUT2D eigenvalue weighted by Crippen LogP contribution is 2.21. The van der Waals surface area contributed by atoms with Gasteiger partial charge < -0.3 is 0 Å². The average Bonchev–Trinajstić information content (AvgIpc) is 2.28. The molecule has 0 saturated carbocycles. The van der Waals surface area contributed by atoms with Crippen LogP contribution in [0.15, 0.2) is 47.9 Å². The maximum atomic E-state index is 5.89. The van der Waals surface area contributed by atoms with Gasteiger partial charge in [-0.25, -0.2) is 9.97 Å². The quantitative estimate of drug-likeness (QED) is 0.603. The van der Waals surface area contributed by atoms with E-state index in [1.165, 1.54) is 5.56 Å². The Hall–Kier alpha value is -1.06. The monoisotopic (exact) mass is 236 g/mol. The van der Waals surface area contributed by atoms with E-state index in [2.05, 4.69) is 16.0 Å². The van der Waals surface area contributed by atoms with Crippen LogP contribution in [-0.4, -0.2) is 9.97 Å². The van der Waals surface area contributed by atoms with Crippen LogP contribution in [0.5, 0.6) is 0 Å². The molecule has 0 radical (unpaired) electrons. The molecule has 0 fully saturated rings. The zero-order valence-electron chi connectivity index (χ0n) is 7.93. The minimum Gasteiger partial charge on any atom is -0.245 e. The molecule has 1 heterocycles. The first-order chi connectivity index (χ1) is 7.34. The molecule has 0 spiro atoms. The van der Waals surface area contributed by atoms with Gasteiger partial charge >= 0.3 is 0 Å². The smallest absolute Gasteiger partial charge is 0.116 e. The Morgan fingerprint density at radius 3 is 2.93 bits per heavy atom. The molecule has 4 heteroatoms. The van der Waals surface area contributed by atoms with E-state index in [0.29, 0.717) is 0 Å². The number of aromatic nitrogens is 2. The fourth-order valence-electron chi connectivity index (χ4n) is 1.15. The second kappa shape index (κ2) is 5.14. The van der Waals surface area contributed by atoms with Crippen LogP contribution in [0.3, 0.4) is 0 Å². The van der Waals surface area contributed by atoms with Crippen molar-refractivity contribution in [3.05, 3.63) is 53.4 Å². The Balaban J connectivity index is 1.99. The van der Waals surface area contributed by atoms with Gasteiger partial charge in [0.25, 0.3) is 0 Å². The fourth-order valence-corrected chi connectivity index (χ4v) is 2.13. The molecule has 0 amide bonds. The van der Waals surface area contributed by atoms with Crippen LogP contribution in [0.4, 0.5) is 0 Å². The summed E-state index contributed by atoms with van der Waals surface area (Å²) in [4.78, 5) is 8.00. The summed E-state index contributed by atoms with van der Waals surface area (Å²) < 4.78 is 0. The van der Waals surface area contributed by atoms with Crippen LogP contribution >= 0.6 is 23.4 Å². The highest BCUT2D eigenvalue weighted by molar-refractivity contribution is 7.98. The number of nitrogens with zero attached hydrogens (tertiary/aromatic N) is 2. The van der Waals surface area contributed by atoms with Gasteiger partial charge in [0.05, 0.1) is 5.03 Å². The number of rotatable bonds is 3. The van der Waals surface area contributed by atoms with Gasteiger partial charge in [0, 0.05) is 17.0 Å². The van der Waals surface area contributed by atoms with E-state index < -0.39 is 0 Å². The first-order valence-electron chi connectivity index (χ1n) is 4.48. The lowest BCUT2D eigenvalue weighted by Crippen LogP contribution is -1.83. The molecule has 2 rings (SSSR count). The first-order valence-corrected chi connectivity index (χ1v) is 5.84. The normalized spacial score (nSPS) is 10.2. The maximum absolute atomic E-state index is 5.89. The summed E-state index contributed by atoms with van der Waals surface area (Å²) in [6, 6.07) is 9.75. The molecule has 1 aromatic heterocycles. The van der Waals surface area contributed by atoms with Crippen molar-refractivity contribution < 1.29 is 0 Å². The predicted molar refractivity (Wildman–Crippen MR) is 63.0 cm³/mol. The summed E-state index contributed by atoms with van der Waals surface area (Å²) in [7, 11) is 0. The molecule has 15 heavy (non-hydrogen) atoms. The molecule has 76 valence electrons. The van der Waals surface area contributed by atoms with Crippen molar-refractivity contribution in [2.24, 2.45) is 0 Å². The van der Waals surface area contributed by atoms with E-state index >= 15 is 0 Å². The lowest BCUT2D eigenvalue weighted by atomic mass is 10.2. The van der Waals surface area contributed by atoms with Crippen LogP contribution in [0, 0.1) is 0 Å². The SMILES string of the molecule is Clc1cccc(CSc2ccncn2)c1. The molecular formula is C11H9ClN2S. The third kappa shape index (κ3) is 3.22. The Morgan fingerprint density at radius 2 is 2.20 bits per heavy atom. The van der Waals surface area contributed by atoms with Crippen molar-refractivity contribution in [2.45, 2.75) is 10.8 Å². The minimum atomic E-state index is 0.774. The third-order valence-corrected chi connectivity index (χ3v) is 3.08. The van der Waals surface area contributed by atoms with E-state index in [1.54, 1.807) is 24.3 Å². The largest absolute Gasteiger partial charge is 0.245 e. The van der Waals surface area contributed by atoms with E-state index in [1.807, 2.05) is 24.3 Å². The first kappa shape index (κ1) is 10.5. The van der Waals surface area contributed by atoms with Crippen LogP contribution in [-0.2, 0) is 5.75 Å². The molecule has 0 N–H and O–H groups in total. The Bertz CT molecular complexity index is 434. The van der Waals surface area contributed by atoms with Gasteiger partial charge in [-0.1, -0.05) is 23.7 Å². The Morgan fingerprint density at radius 1 is 1.27 bits per heavy atom. The van der Waals surface area contributed by atoms with E-state index in [0.717, 1.165) is 15.8 Å². The number of hydrogen-bond donors (Lipinski definition) is 0. The topological polar surface area (TPSA) is 25.8 Å². The number of halogens is 1. The summed E-state index contributed by atoms with van der Waals surface area (Å²) in [6.07, 6.45) is 3.30. The zero-order chi connectivity index (χ0) is 10.5. The van der Waals surface area contributed by atoms with Crippen LogP contribution in [0.2, 0.25) is 5.02 Å². The highest BCUT2D eigenvalue weighted by Gasteiger charge is 1.97. The van der Waals surface area contributed by atoms with Gasteiger partial charge in [-0.3, -0.25) is 0 Å². The number of benzene rings is 1. The van der Waals surface area contributed by atoms with Gasteiger partial charge in [-0.15, -0.1) is 11.8 Å². The summed E-state index contributed by atoms with van der Waals surface area (Å²) in [5, 5.41) is 1.75. The fraction of sp³-hybridized carbons (Fsp3) is 0.0909. The lowest BCUT2D eigenvalue weighted by molar-refractivity contribution is 1.05. The number of thioether (sulfide) groups is 1. The van der Waals surface area contributed by atoms with Gasteiger partial charge in [0.2, 0.25) is 0 Å². The zero-order valence-corrected chi connectivity index (χ0v) is 9.50. The molecular weight excluding hydrogens is 228 g/mol. The average molecular weight is 237 g/mol. The van der Waals surface area contributed by atoms with Crippen LogP contribution in [0.25, 0.3) is 0 Å². The molecule has 1 aromatic carbocycles. The molecule has 0 aliphatic heterocycles.